The average molecular weight is 156 g/mol. The van der Waals surface area contributed by atoms with Gasteiger partial charge in [-0.3, -0.25) is 0 Å². The van der Waals surface area contributed by atoms with Crippen LogP contribution in [0.2, 0.25) is 0 Å². The van der Waals surface area contributed by atoms with Crippen LogP contribution < -0.4 is 0 Å². The van der Waals surface area contributed by atoms with Gasteiger partial charge in [0.25, 0.3) is 0 Å². The van der Waals surface area contributed by atoms with Crippen molar-refractivity contribution in [1.29, 1.82) is 10.5 Å². The molecule has 0 saturated heterocycles. The zero-order valence-corrected chi connectivity index (χ0v) is 6.78. The van der Waals surface area contributed by atoms with Crippen LogP contribution in [0, 0.1) is 28.6 Å². The minimum atomic E-state index is 0.224. The highest BCUT2D eigenvalue weighted by molar-refractivity contribution is 5.53. The van der Waals surface area contributed by atoms with E-state index in [1.165, 1.54) is 0 Å². The second kappa shape index (κ2) is 3.55. The topological polar surface area (TPSA) is 47.6 Å². The van der Waals surface area contributed by atoms with Crippen LogP contribution in [-0.4, -0.2) is 0 Å². The lowest BCUT2D eigenvalue weighted by molar-refractivity contribution is 0.937. The summed E-state index contributed by atoms with van der Waals surface area (Å²) in [6.07, 6.45) is 7.21. The lowest BCUT2D eigenvalue weighted by atomic mass is 10.1. The summed E-state index contributed by atoms with van der Waals surface area (Å²) in [5.74, 6) is 0.224. The highest BCUT2D eigenvalue weighted by Gasteiger charge is 2.06. The fraction of sp³-hybridized carbons (Fsp3) is 0.200. The zero-order chi connectivity index (χ0) is 8.97. The molecule has 1 atom stereocenters. The summed E-state index contributed by atoms with van der Waals surface area (Å²) < 4.78 is 0. The molecule has 58 valence electrons. The fourth-order valence-electron chi connectivity index (χ4n) is 1.02. The van der Waals surface area contributed by atoms with Crippen molar-refractivity contribution in [2.45, 2.75) is 6.92 Å². The summed E-state index contributed by atoms with van der Waals surface area (Å²) in [6, 6.07) is 3.99. The summed E-state index contributed by atoms with van der Waals surface area (Å²) in [5, 5.41) is 17.4. The molecule has 1 aliphatic carbocycles. The van der Waals surface area contributed by atoms with Crippen LogP contribution in [0.3, 0.4) is 0 Å². The minimum Gasteiger partial charge on any atom is -0.192 e. The Kier molecular flexibility index (Phi) is 2.46. The minimum absolute atomic E-state index is 0.224. The zero-order valence-electron chi connectivity index (χ0n) is 6.78. The molecule has 2 heteroatoms. The van der Waals surface area contributed by atoms with Crippen molar-refractivity contribution < 1.29 is 0 Å². The van der Waals surface area contributed by atoms with Gasteiger partial charge >= 0.3 is 0 Å². The number of hydrogen-bond donors (Lipinski definition) is 0. The van der Waals surface area contributed by atoms with Crippen LogP contribution in [0.25, 0.3) is 0 Å². The molecular weight excluding hydrogens is 148 g/mol. The van der Waals surface area contributed by atoms with E-state index < -0.39 is 0 Å². The molecule has 1 rings (SSSR count). The maximum absolute atomic E-state index is 8.70. The largest absolute Gasteiger partial charge is 0.192 e. The Balaban J connectivity index is 3.11. The van der Waals surface area contributed by atoms with Gasteiger partial charge in [0.05, 0.1) is 11.1 Å². The Labute approximate surface area is 71.7 Å². The molecule has 0 fully saturated rings. The van der Waals surface area contributed by atoms with E-state index in [4.69, 9.17) is 10.5 Å². The smallest absolute Gasteiger partial charge is 0.100 e. The Morgan fingerprint density at radius 2 is 1.92 bits per heavy atom. The van der Waals surface area contributed by atoms with Crippen molar-refractivity contribution in [1.82, 2.24) is 0 Å². The molecule has 0 aliphatic heterocycles. The van der Waals surface area contributed by atoms with E-state index in [2.05, 4.69) is 0 Å². The van der Waals surface area contributed by atoms with Gasteiger partial charge in [-0.15, -0.1) is 0 Å². The molecule has 0 saturated carbocycles. The SMILES string of the molecule is C[C@@H]1C=CC=C(C#N)C(C#N)=C1. The Bertz CT molecular complexity index is 345. The van der Waals surface area contributed by atoms with Crippen LogP contribution in [0.15, 0.2) is 35.5 Å². The van der Waals surface area contributed by atoms with E-state index in [9.17, 15) is 0 Å². The van der Waals surface area contributed by atoms with Gasteiger partial charge in [0, 0.05) is 0 Å². The lowest BCUT2D eigenvalue weighted by Crippen LogP contribution is -1.86. The van der Waals surface area contributed by atoms with Gasteiger partial charge in [-0.2, -0.15) is 10.5 Å². The quantitative estimate of drug-likeness (QED) is 0.539. The van der Waals surface area contributed by atoms with Gasteiger partial charge in [0.1, 0.15) is 12.1 Å². The number of nitriles is 2. The first kappa shape index (κ1) is 8.30. The summed E-state index contributed by atoms with van der Waals surface area (Å²) in [7, 11) is 0. The molecule has 2 nitrogen and oxygen atoms in total. The lowest BCUT2D eigenvalue weighted by Gasteiger charge is -1.95. The van der Waals surface area contributed by atoms with Gasteiger partial charge < -0.3 is 0 Å². The van der Waals surface area contributed by atoms with Crippen LogP contribution in [0.5, 0.6) is 0 Å². The van der Waals surface area contributed by atoms with Crippen molar-refractivity contribution in [2.75, 3.05) is 0 Å². The number of hydrogen-bond acceptors (Lipinski definition) is 2. The first-order chi connectivity index (χ1) is 5.77. The fourth-order valence-corrected chi connectivity index (χ4v) is 1.02. The van der Waals surface area contributed by atoms with Gasteiger partial charge in [0.2, 0.25) is 0 Å². The van der Waals surface area contributed by atoms with Crippen LogP contribution in [0.1, 0.15) is 6.92 Å². The van der Waals surface area contributed by atoms with Gasteiger partial charge in [-0.05, 0) is 12.0 Å². The third kappa shape index (κ3) is 1.62. The van der Waals surface area contributed by atoms with Crippen molar-refractivity contribution in [2.24, 2.45) is 5.92 Å². The Morgan fingerprint density at radius 3 is 2.50 bits per heavy atom. The maximum atomic E-state index is 8.70. The van der Waals surface area contributed by atoms with Crippen molar-refractivity contribution in [3.63, 3.8) is 0 Å². The predicted molar refractivity (Wildman–Crippen MR) is 45.7 cm³/mol. The van der Waals surface area contributed by atoms with E-state index in [1.807, 2.05) is 31.2 Å². The molecule has 0 aromatic carbocycles. The molecule has 0 bridgehead atoms. The average Bonchev–Trinajstić information content (AvgIpc) is 2.26. The second-order valence-corrected chi connectivity index (χ2v) is 2.63. The monoisotopic (exact) mass is 156 g/mol. The molecule has 1 aliphatic rings. The van der Waals surface area contributed by atoms with E-state index in [1.54, 1.807) is 12.2 Å². The molecule has 0 aromatic heterocycles. The molecule has 0 aromatic rings. The summed E-state index contributed by atoms with van der Waals surface area (Å²) in [5.41, 5.74) is 0.910. The summed E-state index contributed by atoms with van der Waals surface area (Å²) >= 11 is 0. The molecule has 0 amide bonds. The predicted octanol–water partition coefficient (Wildman–Crippen LogP) is 2.09. The van der Waals surface area contributed by atoms with E-state index in [0.29, 0.717) is 11.1 Å². The van der Waals surface area contributed by atoms with Crippen molar-refractivity contribution in [3.8, 4) is 12.1 Å². The molecule has 0 spiro atoms. The van der Waals surface area contributed by atoms with E-state index in [-0.39, 0.29) is 5.92 Å². The van der Waals surface area contributed by atoms with Crippen molar-refractivity contribution in [3.05, 3.63) is 35.5 Å². The Hall–Kier alpha value is -1.80. The number of allylic oxidation sites excluding steroid dienone is 6. The van der Waals surface area contributed by atoms with Gasteiger partial charge in [0.15, 0.2) is 0 Å². The standard InChI is InChI=1S/C10H8N2/c1-8-3-2-4-9(6-11)10(5-8)7-12/h2-5,8H,1H3/t8-/m1/s1. The highest BCUT2D eigenvalue weighted by atomic mass is 14.3. The summed E-state index contributed by atoms with van der Waals surface area (Å²) in [6.45, 7) is 1.97. The van der Waals surface area contributed by atoms with Crippen molar-refractivity contribution >= 4 is 0 Å². The van der Waals surface area contributed by atoms with Gasteiger partial charge in [-0.25, -0.2) is 0 Å². The first-order valence-electron chi connectivity index (χ1n) is 3.69. The second-order valence-electron chi connectivity index (χ2n) is 2.63. The van der Waals surface area contributed by atoms with Crippen LogP contribution in [-0.2, 0) is 0 Å². The molecular formula is C10H8N2. The van der Waals surface area contributed by atoms with Gasteiger partial charge in [-0.1, -0.05) is 25.2 Å². The molecule has 0 N–H and O–H groups in total. The normalized spacial score (nSPS) is 21.4. The third-order valence-electron chi connectivity index (χ3n) is 1.64. The van der Waals surface area contributed by atoms with Crippen LogP contribution >= 0.6 is 0 Å². The molecule has 0 radical (unpaired) electrons. The van der Waals surface area contributed by atoms with E-state index >= 15 is 0 Å². The number of nitrogens with zero attached hydrogens (tertiary/aromatic N) is 2. The first-order valence-corrected chi connectivity index (χ1v) is 3.69. The summed E-state index contributed by atoms with van der Waals surface area (Å²) in [4.78, 5) is 0. The molecule has 0 unspecified atom stereocenters. The number of rotatable bonds is 0. The maximum Gasteiger partial charge on any atom is 0.100 e. The molecule has 0 heterocycles. The molecule has 12 heavy (non-hydrogen) atoms. The highest BCUT2D eigenvalue weighted by Crippen LogP contribution is 2.16. The van der Waals surface area contributed by atoms with E-state index in [0.717, 1.165) is 0 Å². The van der Waals surface area contributed by atoms with Crippen LogP contribution in [0.4, 0.5) is 0 Å². The third-order valence-corrected chi connectivity index (χ3v) is 1.64. The Morgan fingerprint density at radius 1 is 1.25 bits per heavy atom.